The minimum absolute atomic E-state index is 0.258. The minimum atomic E-state index is 0.258. The first-order valence-electron chi connectivity index (χ1n) is 5.52. The van der Waals surface area contributed by atoms with Crippen molar-refractivity contribution in [3.05, 3.63) is 33.8 Å². The van der Waals surface area contributed by atoms with E-state index in [0.717, 1.165) is 26.1 Å². The minimum Gasteiger partial charge on any atom is -0.380 e. The molecule has 1 aromatic rings. The van der Waals surface area contributed by atoms with Gasteiger partial charge in [0.05, 0.1) is 6.61 Å². The molecule has 1 aliphatic heterocycles. The molecular formula is C13H17BrO. The predicted molar refractivity (Wildman–Crippen MR) is 66.3 cm³/mol. The van der Waals surface area contributed by atoms with Crippen molar-refractivity contribution in [2.75, 3.05) is 13.2 Å². The van der Waals surface area contributed by atoms with Gasteiger partial charge in [0.2, 0.25) is 0 Å². The van der Waals surface area contributed by atoms with E-state index >= 15 is 0 Å². The van der Waals surface area contributed by atoms with Gasteiger partial charge in [-0.25, -0.2) is 0 Å². The summed E-state index contributed by atoms with van der Waals surface area (Å²) in [6.07, 6.45) is 2.31. The molecule has 0 bridgehead atoms. The molecule has 82 valence electrons. The van der Waals surface area contributed by atoms with Crippen LogP contribution >= 0.6 is 15.9 Å². The molecule has 1 aliphatic rings. The maximum atomic E-state index is 5.57. The van der Waals surface area contributed by atoms with Crippen LogP contribution in [-0.2, 0) is 10.2 Å². The smallest absolute Gasteiger partial charge is 0.0563 e. The molecule has 0 aromatic heterocycles. The Balaban J connectivity index is 2.42. The number of rotatable bonds is 2. The van der Waals surface area contributed by atoms with Gasteiger partial charge in [0.25, 0.3) is 0 Å². The molecule has 0 unspecified atom stereocenters. The molecule has 0 aliphatic carbocycles. The third-order valence-corrected chi connectivity index (χ3v) is 3.89. The summed E-state index contributed by atoms with van der Waals surface area (Å²) >= 11 is 3.57. The molecule has 1 atom stereocenters. The lowest BCUT2D eigenvalue weighted by Gasteiger charge is -2.27. The van der Waals surface area contributed by atoms with Crippen molar-refractivity contribution in [2.45, 2.75) is 32.1 Å². The number of benzene rings is 1. The van der Waals surface area contributed by atoms with Gasteiger partial charge in [-0.2, -0.15) is 0 Å². The summed E-state index contributed by atoms with van der Waals surface area (Å²) in [4.78, 5) is 0. The normalized spacial score (nSPS) is 25.8. The molecule has 0 radical (unpaired) electrons. The first-order chi connectivity index (χ1) is 7.16. The van der Waals surface area contributed by atoms with Crippen LogP contribution in [0.3, 0.4) is 0 Å². The Morgan fingerprint density at radius 2 is 2.20 bits per heavy atom. The van der Waals surface area contributed by atoms with Crippen molar-refractivity contribution in [2.24, 2.45) is 0 Å². The van der Waals surface area contributed by atoms with Crippen LogP contribution in [0, 0.1) is 6.92 Å². The topological polar surface area (TPSA) is 9.23 Å². The molecule has 1 saturated heterocycles. The summed E-state index contributed by atoms with van der Waals surface area (Å²) in [5.74, 6) is 0. The number of ether oxygens (including phenoxy) is 1. The Labute approximate surface area is 100.0 Å². The number of halogens is 1. The standard InChI is InChI=1S/C13H17BrO/c1-3-13(4-5-15-9-13)11-6-10(2)7-12(14)8-11/h6-8H,3-5,9H2,1-2H3/t13-/m1/s1. The molecule has 2 rings (SSSR count). The predicted octanol–water partition coefficient (Wildman–Crippen LogP) is 3.83. The van der Waals surface area contributed by atoms with E-state index in [2.05, 4.69) is 48.0 Å². The van der Waals surface area contributed by atoms with E-state index in [1.807, 2.05) is 0 Å². The highest BCUT2D eigenvalue weighted by atomic mass is 79.9. The molecule has 0 N–H and O–H groups in total. The second kappa shape index (κ2) is 4.26. The van der Waals surface area contributed by atoms with E-state index in [1.165, 1.54) is 15.6 Å². The van der Waals surface area contributed by atoms with Gasteiger partial charge in [0, 0.05) is 16.5 Å². The zero-order valence-electron chi connectivity index (χ0n) is 9.35. The van der Waals surface area contributed by atoms with Crippen LogP contribution in [0.4, 0.5) is 0 Å². The number of hydrogen-bond acceptors (Lipinski definition) is 1. The summed E-state index contributed by atoms with van der Waals surface area (Å²) in [5.41, 5.74) is 3.00. The fraction of sp³-hybridized carbons (Fsp3) is 0.538. The van der Waals surface area contributed by atoms with E-state index < -0.39 is 0 Å². The molecule has 0 saturated carbocycles. The summed E-state index contributed by atoms with van der Waals surface area (Å²) in [6, 6.07) is 6.69. The fourth-order valence-corrected chi connectivity index (χ4v) is 2.97. The summed E-state index contributed by atoms with van der Waals surface area (Å²) in [7, 11) is 0. The lowest BCUT2D eigenvalue weighted by molar-refractivity contribution is 0.176. The third kappa shape index (κ3) is 2.11. The quantitative estimate of drug-likeness (QED) is 0.793. The van der Waals surface area contributed by atoms with E-state index in [9.17, 15) is 0 Å². The maximum absolute atomic E-state index is 5.57. The molecule has 1 fully saturated rings. The van der Waals surface area contributed by atoms with Crippen LogP contribution in [0.5, 0.6) is 0 Å². The number of aryl methyl sites for hydroxylation is 1. The van der Waals surface area contributed by atoms with Crippen LogP contribution in [0.2, 0.25) is 0 Å². The molecular weight excluding hydrogens is 252 g/mol. The van der Waals surface area contributed by atoms with Crippen LogP contribution in [0.1, 0.15) is 30.9 Å². The van der Waals surface area contributed by atoms with E-state index in [-0.39, 0.29) is 5.41 Å². The van der Waals surface area contributed by atoms with Gasteiger partial charge >= 0.3 is 0 Å². The van der Waals surface area contributed by atoms with Crippen molar-refractivity contribution in [3.63, 3.8) is 0 Å². The van der Waals surface area contributed by atoms with E-state index in [4.69, 9.17) is 4.74 Å². The van der Waals surface area contributed by atoms with Crippen LogP contribution < -0.4 is 0 Å². The lowest BCUT2D eigenvalue weighted by Crippen LogP contribution is -2.25. The Morgan fingerprint density at radius 3 is 2.73 bits per heavy atom. The van der Waals surface area contributed by atoms with Crippen LogP contribution in [0.15, 0.2) is 22.7 Å². The second-order valence-electron chi connectivity index (χ2n) is 4.45. The molecule has 0 spiro atoms. The Hall–Kier alpha value is -0.340. The highest BCUT2D eigenvalue weighted by molar-refractivity contribution is 9.10. The van der Waals surface area contributed by atoms with Crippen molar-refractivity contribution < 1.29 is 4.74 Å². The molecule has 15 heavy (non-hydrogen) atoms. The summed E-state index contributed by atoms with van der Waals surface area (Å²) in [5, 5.41) is 0. The van der Waals surface area contributed by atoms with Gasteiger partial charge in [-0.15, -0.1) is 0 Å². The Morgan fingerprint density at radius 1 is 1.40 bits per heavy atom. The van der Waals surface area contributed by atoms with Crippen LogP contribution in [0.25, 0.3) is 0 Å². The van der Waals surface area contributed by atoms with E-state index in [0.29, 0.717) is 0 Å². The molecule has 0 amide bonds. The zero-order valence-corrected chi connectivity index (χ0v) is 10.9. The monoisotopic (exact) mass is 268 g/mol. The SMILES string of the molecule is CC[C@@]1(c2cc(C)cc(Br)c2)CCOC1. The first kappa shape index (κ1) is 11.2. The number of hydrogen-bond donors (Lipinski definition) is 0. The van der Waals surface area contributed by atoms with Gasteiger partial charge in [0.1, 0.15) is 0 Å². The highest BCUT2D eigenvalue weighted by Crippen LogP contribution is 2.37. The van der Waals surface area contributed by atoms with Gasteiger partial charge in [-0.1, -0.05) is 28.9 Å². The molecule has 1 nitrogen and oxygen atoms in total. The summed E-state index contributed by atoms with van der Waals surface area (Å²) in [6.45, 7) is 6.18. The highest BCUT2D eigenvalue weighted by Gasteiger charge is 2.35. The van der Waals surface area contributed by atoms with Gasteiger partial charge < -0.3 is 4.74 Å². The summed E-state index contributed by atoms with van der Waals surface area (Å²) < 4.78 is 6.75. The van der Waals surface area contributed by atoms with Gasteiger partial charge in [-0.3, -0.25) is 0 Å². The lowest BCUT2D eigenvalue weighted by atomic mass is 9.77. The fourth-order valence-electron chi connectivity index (χ4n) is 2.36. The van der Waals surface area contributed by atoms with Crippen LogP contribution in [-0.4, -0.2) is 13.2 Å². The molecule has 1 aromatic carbocycles. The van der Waals surface area contributed by atoms with Crippen molar-refractivity contribution in [1.29, 1.82) is 0 Å². The largest absolute Gasteiger partial charge is 0.380 e. The van der Waals surface area contributed by atoms with Crippen molar-refractivity contribution >= 4 is 15.9 Å². The average Bonchev–Trinajstić information content (AvgIpc) is 2.65. The van der Waals surface area contributed by atoms with Crippen molar-refractivity contribution in [1.82, 2.24) is 0 Å². The van der Waals surface area contributed by atoms with Crippen molar-refractivity contribution in [3.8, 4) is 0 Å². The van der Waals surface area contributed by atoms with Gasteiger partial charge in [-0.05, 0) is 43.0 Å². The average molecular weight is 269 g/mol. The maximum Gasteiger partial charge on any atom is 0.0563 e. The Kier molecular flexibility index (Phi) is 3.17. The van der Waals surface area contributed by atoms with E-state index in [1.54, 1.807) is 0 Å². The second-order valence-corrected chi connectivity index (χ2v) is 5.37. The zero-order chi connectivity index (χ0) is 10.9. The Bertz CT molecular complexity index is 333. The first-order valence-corrected chi connectivity index (χ1v) is 6.31. The molecule has 1 heterocycles. The third-order valence-electron chi connectivity index (χ3n) is 3.43. The van der Waals surface area contributed by atoms with Gasteiger partial charge in [0.15, 0.2) is 0 Å². The molecule has 2 heteroatoms.